The summed E-state index contributed by atoms with van der Waals surface area (Å²) in [6.45, 7) is 22.5. The Labute approximate surface area is 470 Å². The van der Waals surface area contributed by atoms with Gasteiger partial charge in [-0.2, -0.15) is 0 Å². The molecule has 14 rings (SSSR count). The van der Waals surface area contributed by atoms with Gasteiger partial charge in [0.2, 0.25) is 0 Å². The molecule has 6 heteroatoms. The van der Waals surface area contributed by atoms with Crippen molar-refractivity contribution >= 4 is 70.7 Å². The first kappa shape index (κ1) is 54.7. The standard InChI is InChI=1S/C51H31N5.C9H10.C6H7N.C4H6.2C2H6/c1-3-12-32(13-4-1)41-30-42(33-14-5-2-6-15-33)54-51(53-41)37-22-21-36-29-38(25-23-35(36)28-37)55-44-19-11-16-34-24-26-40-49-39-17-7-8-18-43(39)56(47-20-9-10-27-52-47)45(49)31-46(55)50(40)48(34)44;1-8(2)9-6-4-3-5-7-9;1-6-4-2-3-5-7-6;1-3-4-2;2*1-2/h1-31H;3-7H,1H2,2H3;2-5H,1H3;3-4H,1-2H2;2*1-2H3. The Morgan fingerprint density at radius 2 is 0.975 bits per heavy atom. The van der Waals surface area contributed by atoms with Gasteiger partial charge in [-0.05, 0) is 108 Å². The van der Waals surface area contributed by atoms with Gasteiger partial charge in [0.05, 0.1) is 33.5 Å². The van der Waals surface area contributed by atoms with Crippen LogP contribution in [0.1, 0.15) is 45.9 Å². The van der Waals surface area contributed by atoms with Crippen LogP contribution in [0.3, 0.4) is 0 Å². The summed E-state index contributed by atoms with van der Waals surface area (Å²) in [4.78, 5) is 19.0. The first-order chi connectivity index (χ1) is 39.4. The van der Waals surface area contributed by atoms with Crippen molar-refractivity contribution in [1.29, 1.82) is 0 Å². The summed E-state index contributed by atoms with van der Waals surface area (Å²) in [5.41, 5.74) is 14.1. The van der Waals surface area contributed by atoms with Gasteiger partial charge in [0.25, 0.3) is 0 Å². The van der Waals surface area contributed by atoms with Crippen molar-refractivity contribution in [3.05, 3.63) is 286 Å². The van der Waals surface area contributed by atoms with Gasteiger partial charge < -0.3 is 4.57 Å². The highest BCUT2D eigenvalue weighted by Gasteiger charge is 2.23. The predicted octanol–water partition coefficient (Wildman–Crippen LogP) is 20.3. The number of allylic oxidation sites excluding steroid dienone is 3. The fourth-order valence-corrected chi connectivity index (χ4v) is 9.99. The maximum atomic E-state index is 5.10. The molecule has 0 bridgehead atoms. The highest BCUT2D eigenvalue weighted by atomic mass is 15.1. The minimum Gasteiger partial charge on any atom is -0.309 e. The number of aromatic nitrogens is 6. The lowest BCUT2D eigenvalue weighted by atomic mass is 9.98. The van der Waals surface area contributed by atoms with Gasteiger partial charge in [-0.15, -0.1) is 0 Å². The van der Waals surface area contributed by atoms with E-state index in [1.54, 1.807) is 18.3 Å². The van der Waals surface area contributed by atoms with E-state index in [0.29, 0.717) is 5.82 Å². The normalized spacial score (nSPS) is 10.5. The third-order valence-corrected chi connectivity index (χ3v) is 13.5. The lowest BCUT2D eigenvalue weighted by Crippen LogP contribution is -1.98. The van der Waals surface area contributed by atoms with Gasteiger partial charge in [-0.25, -0.2) is 15.0 Å². The lowest BCUT2D eigenvalue weighted by molar-refractivity contribution is 1.08. The van der Waals surface area contributed by atoms with Crippen molar-refractivity contribution in [3.8, 4) is 45.4 Å². The average Bonchev–Trinajstić information content (AvgIpc) is 4.24. The van der Waals surface area contributed by atoms with Crippen LogP contribution in [-0.2, 0) is 0 Å². The molecule has 80 heavy (non-hydrogen) atoms. The minimum atomic E-state index is 0.705. The van der Waals surface area contributed by atoms with Crippen LogP contribution in [0.5, 0.6) is 0 Å². The van der Waals surface area contributed by atoms with E-state index in [0.717, 1.165) is 72.7 Å². The lowest BCUT2D eigenvalue weighted by Gasteiger charge is -2.12. The number of benzene rings is 9. The Hall–Kier alpha value is -10.0. The van der Waals surface area contributed by atoms with Crippen LogP contribution in [-0.4, -0.2) is 29.1 Å². The molecule has 9 aromatic carbocycles. The van der Waals surface area contributed by atoms with Crippen molar-refractivity contribution in [1.82, 2.24) is 29.1 Å². The van der Waals surface area contributed by atoms with Gasteiger partial charge >= 0.3 is 0 Å². The van der Waals surface area contributed by atoms with E-state index in [1.807, 2.05) is 102 Å². The van der Waals surface area contributed by atoms with E-state index >= 15 is 0 Å². The zero-order chi connectivity index (χ0) is 56.0. The maximum absolute atomic E-state index is 5.10. The number of aryl methyl sites for hydroxylation is 1. The molecule has 0 aliphatic rings. The Morgan fingerprint density at radius 1 is 0.412 bits per heavy atom. The summed E-state index contributed by atoms with van der Waals surface area (Å²) < 4.78 is 4.75. The van der Waals surface area contributed by atoms with Gasteiger partial charge in [-0.1, -0.05) is 229 Å². The molecule has 0 radical (unpaired) electrons. The van der Waals surface area contributed by atoms with E-state index in [-0.39, 0.29) is 0 Å². The van der Waals surface area contributed by atoms with Crippen LogP contribution in [0.25, 0.3) is 116 Å². The highest BCUT2D eigenvalue weighted by Crippen LogP contribution is 2.45. The molecule has 0 saturated heterocycles. The third-order valence-electron chi connectivity index (χ3n) is 13.5. The van der Waals surface area contributed by atoms with Crippen LogP contribution < -0.4 is 0 Å². The zero-order valence-electron chi connectivity index (χ0n) is 46.6. The molecule has 0 aliphatic carbocycles. The molecule has 392 valence electrons. The minimum absolute atomic E-state index is 0.705. The SMILES string of the molecule is C=C(C)c1ccccc1.C=CC=C.CC.CC.Cc1ccccn1.c1ccc(-c2cc(-c3ccccc3)nc(-c3ccc4cc(-n5c6cccc7ccc8c9c%10ccccc%10n(-c%10ccccn%10)c9cc5c8c76)ccc4c3)n2)cc1. The topological polar surface area (TPSA) is 61.4 Å². The van der Waals surface area contributed by atoms with Crippen molar-refractivity contribution in [2.24, 2.45) is 0 Å². The average molecular weight is 1040 g/mol. The van der Waals surface area contributed by atoms with Crippen LogP contribution in [0.15, 0.2) is 275 Å². The first-order valence-electron chi connectivity index (χ1n) is 27.4. The van der Waals surface area contributed by atoms with Gasteiger partial charge in [0.1, 0.15) is 5.82 Å². The monoisotopic (exact) mass is 1040 g/mol. The van der Waals surface area contributed by atoms with E-state index in [4.69, 9.17) is 15.0 Å². The molecule has 0 amide bonds. The Kier molecular flexibility index (Phi) is 17.7. The fourth-order valence-electron chi connectivity index (χ4n) is 9.99. The Morgan fingerprint density at radius 3 is 1.56 bits per heavy atom. The van der Waals surface area contributed by atoms with Crippen LogP contribution >= 0.6 is 0 Å². The smallest absolute Gasteiger partial charge is 0.160 e. The fraction of sp³-hybridized carbons (Fsp3) is 0.0811. The molecule has 0 saturated carbocycles. The second-order valence-corrected chi connectivity index (χ2v) is 18.6. The van der Waals surface area contributed by atoms with E-state index in [2.05, 4.69) is 210 Å². The molecule has 0 N–H and O–H groups in total. The molecule has 5 heterocycles. The number of hydrogen-bond acceptors (Lipinski definition) is 4. The molecule has 14 aromatic rings. The summed E-state index contributed by atoms with van der Waals surface area (Å²) in [6, 6.07) is 80.6. The molecule has 0 atom stereocenters. The first-order valence-corrected chi connectivity index (χ1v) is 27.4. The van der Waals surface area contributed by atoms with Gasteiger partial charge in [0.15, 0.2) is 5.82 Å². The van der Waals surface area contributed by atoms with E-state index in [1.165, 1.54) is 48.9 Å². The number of nitrogens with zero attached hydrogens (tertiary/aromatic N) is 6. The number of rotatable bonds is 7. The molecule has 6 nitrogen and oxygen atoms in total. The molecule has 5 aromatic heterocycles. The summed E-state index contributed by atoms with van der Waals surface area (Å²) >= 11 is 0. The summed E-state index contributed by atoms with van der Waals surface area (Å²) in [7, 11) is 0. The van der Waals surface area contributed by atoms with Crippen LogP contribution in [0, 0.1) is 6.92 Å². The van der Waals surface area contributed by atoms with Gasteiger partial charge in [-0.3, -0.25) is 9.55 Å². The van der Waals surface area contributed by atoms with Crippen LogP contribution in [0.2, 0.25) is 0 Å². The zero-order valence-corrected chi connectivity index (χ0v) is 46.6. The molecular formula is C74H66N6. The van der Waals surface area contributed by atoms with Crippen molar-refractivity contribution in [3.63, 3.8) is 0 Å². The molecule has 0 fully saturated rings. The molecule has 0 spiro atoms. The van der Waals surface area contributed by atoms with Crippen LogP contribution in [0.4, 0.5) is 0 Å². The number of fused-ring (bicyclic) bond motifs is 5. The Bertz CT molecular complexity index is 4270. The number of hydrogen-bond donors (Lipinski definition) is 0. The summed E-state index contributed by atoms with van der Waals surface area (Å²) in [6.07, 6.45) is 6.94. The van der Waals surface area contributed by atoms with Crippen molar-refractivity contribution < 1.29 is 0 Å². The summed E-state index contributed by atoms with van der Waals surface area (Å²) in [5, 5.41) is 9.83. The number of para-hydroxylation sites is 1. The maximum Gasteiger partial charge on any atom is 0.160 e. The third kappa shape index (κ3) is 11.5. The molecular weight excluding hydrogens is 973 g/mol. The van der Waals surface area contributed by atoms with Crippen molar-refractivity contribution in [2.75, 3.05) is 0 Å². The second kappa shape index (κ2) is 25.9. The largest absolute Gasteiger partial charge is 0.309 e. The molecule has 0 unspecified atom stereocenters. The Balaban J connectivity index is 0.000000271. The quantitative estimate of drug-likeness (QED) is 0.118. The summed E-state index contributed by atoms with van der Waals surface area (Å²) in [5.74, 6) is 1.61. The van der Waals surface area contributed by atoms with Crippen molar-refractivity contribution in [2.45, 2.75) is 41.5 Å². The van der Waals surface area contributed by atoms with E-state index in [9.17, 15) is 0 Å². The predicted molar refractivity (Wildman–Crippen MR) is 344 cm³/mol. The second-order valence-electron chi connectivity index (χ2n) is 18.6. The van der Waals surface area contributed by atoms with Gasteiger partial charge in [0, 0.05) is 62.0 Å². The molecule has 0 aliphatic heterocycles. The number of pyridine rings is 2. The highest BCUT2D eigenvalue weighted by molar-refractivity contribution is 6.33. The van der Waals surface area contributed by atoms with E-state index < -0.39 is 0 Å².